The van der Waals surface area contributed by atoms with E-state index in [0.717, 1.165) is 63.6 Å². The maximum Gasteiger partial charge on any atom is 0.115 e. The first-order valence-corrected chi connectivity index (χ1v) is 9.99. The van der Waals surface area contributed by atoms with Gasteiger partial charge < -0.3 is 20.1 Å². The van der Waals surface area contributed by atoms with Crippen LogP contribution in [-0.4, -0.2) is 52.8 Å². The molecule has 4 rings (SSSR count). The standard InChI is InChI=1S/C17H20BrN3O2S/c18-11-5-10-6-15(17-20-13(8-22)9-24-17)21-16(10)14(7-11)19-12-1-3-23-4-2-12/h5-7,12-13,19,21-22H,1-4,8-9H2. The Morgan fingerprint density at radius 2 is 2.17 bits per heavy atom. The van der Waals surface area contributed by atoms with Gasteiger partial charge in [-0.25, -0.2) is 0 Å². The molecule has 0 bridgehead atoms. The van der Waals surface area contributed by atoms with Crippen molar-refractivity contribution in [2.24, 2.45) is 4.99 Å². The Kier molecular flexibility index (Phi) is 4.85. The molecule has 24 heavy (non-hydrogen) atoms. The van der Waals surface area contributed by atoms with E-state index in [-0.39, 0.29) is 12.6 Å². The lowest BCUT2D eigenvalue weighted by molar-refractivity contribution is 0.0905. The predicted molar refractivity (Wildman–Crippen MR) is 103 cm³/mol. The van der Waals surface area contributed by atoms with Crippen molar-refractivity contribution in [3.63, 3.8) is 0 Å². The number of hydrogen-bond donors (Lipinski definition) is 3. The molecule has 0 radical (unpaired) electrons. The van der Waals surface area contributed by atoms with Crippen LogP contribution in [0.4, 0.5) is 5.69 Å². The maximum absolute atomic E-state index is 9.28. The van der Waals surface area contributed by atoms with E-state index in [1.54, 1.807) is 11.8 Å². The van der Waals surface area contributed by atoms with Crippen LogP contribution in [0.1, 0.15) is 18.5 Å². The molecule has 2 aliphatic rings. The number of thioether (sulfide) groups is 1. The van der Waals surface area contributed by atoms with Crippen molar-refractivity contribution >= 4 is 49.3 Å². The summed E-state index contributed by atoms with van der Waals surface area (Å²) in [5, 5.41) is 15.1. The summed E-state index contributed by atoms with van der Waals surface area (Å²) in [6, 6.07) is 6.84. The molecular formula is C17H20BrN3O2S. The number of anilines is 1. The van der Waals surface area contributed by atoms with Gasteiger partial charge in [-0.3, -0.25) is 4.99 Å². The third kappa shape index (κ3) is 3.35. The topological polar surface area (TPSA) is 69.6 Å². The minimum absolute atomic E-state index is 0.0167. The average molecular weight is 410 g/mol. The van der Waals surface area contributed by atoms with E-state index in [1.807, 2.05) is 0 Å². The van der Waals surface area contributed by atoms with Gasteiger partial charge in [-0.15, -0.1) is 11.8 Å². The molecule has 1 aromatic heterocycles. The highest BCUT2D eigenvalue weighted by Gasteiger charge is 2.21. The van der Waals surface area contributed by atoms with Gasteiger partial charge >= 0.3 is 0 Å². The SMILES string of the molecule is OCC1CSC(c2cc3cc(Br)cc(NC4CCOCC4)c3[nH]2)=N1. The summed E-state index contributed by atoms with van der Waals surface area (Å²) in [4.78, 5) is 8.11. The van der Waals surface area contributed by atoms with Gasteiger partial charge in [0, 0.05) is 34.9 Å². The van der Waals surface area contributed by atoms with Crippen molar-refractivity contribution in [3.05, 3.63) is 28.4 Å². The molecule has 0 saturated carbocycles. The van der Waals surface area contributed by atoms with Gasteiger partial charge in [0.2, 0.25) is 0 Å². The Bertz CT molecular complexity index is 771. The number of nitrogens with zero attached hydrogens (tertiary/aromatic N) is 1. The maximum atomic E-state index is 9.28. The van der Waals surface area contributed by atoms with E-state index in [9.17, 15) is 5.11 Å². The summed E-state index contributed by atoms with van der Waals surface area (Å²) in [6.45, 7) is 1.75. The van der Waals surface area contributed by atoms with Crippen molar-refractivity contribution < 1.29 is 9.84 Å². The molecule has 0 amide bonds. The molecule has 3 heterocycles. The van der Waals surface area contributed by atoms with Crippen molar-refractivity contribution in [1.29, 1.82) is 0 Å². The third-order valence-corrected chi connectivity index (χ3v) is 6.04. The van der Waals surface area contributed by atoms with E-state index in [0.29, 0.717) is 6.04 Å². The summed E-state index contributed by atoms with van der Waals surface area (Å²) in [5.74, 6) is 0.845. The predicted octanol–water partition coefficient (Wildman–Crippen LogP) is 3.38. The quantitative estimate of drug-likeness (QED) is 0.723. The number of ether oxygens (including phenoxy) is 1. The molecule has 1 unspecified atom stereocenters. The van der Waals surface area contributed by atoms with Crippen LogP contribution < -0.4 is 5.32 Å². The molecule has 1 aromatic carbocycles. The average Bonchev–Trinajstić information content (AvgIpc) is 3.22. The van der Waals surface area contributed by atoms with Gasteiger partial charge in [0.05, 0.1) is 29.5 Å². The summed E-state index contributed by atoms with van der Waals surface area (Å²) in [7, 11) is 0. The van der Waals surface area contributed by atoms with E-state index in [2.05, 4.69) is 49.4 Å². The Balaban J connectivity index is 1.66. The Morgan fingerprint density at radius 1 is 1.33 bits per heavy atom. The molecule has 5 nitrogen and oxygen atoms in total. The van der Waals surface area contributed by atoms with Gasteiger partial charge in [-0.05, 0) is 31.0 Å². The van der Waals surface area contributed by atoms with Gasteiger partial charge in [-0.2, -0.15) is 0 Å². The molecule has 1 saturated heterocycles. The Labute approximate surface area is 153 Å². The van der Waals surface area contributed by atoms with E-state index >= 15 is 0 Å². The number of nitrogens with one attached hydrogen (secondary N) is 2. The lowest BCUT2D eigenvalue weighted by atomic mass is 10.1. The molecule has 2 aliphatic heterocycles. The third-order valence-electron chi connectivity index (χ3n) is 4.43. The number of fused-ring (bicyclic) bond motifs is 1. The Morgan fingerprint density at radius 3 is 2.92 bits per heavy atom. The summed E-state index contributed by atoms with van der Waals surface area (Å²) < 4.78 is 6.50. The zero-order valence-corrected chi connectivity index (χ0v) is 15.6. The number of halogens is 1. The number of H-pyrrole nitrogens is 1. The fourth-order valence-corrected chi connectivity index (χ4v) is 4.65. The Hall–Kier alpha value is -1.02. The molecule has 128 valence electrons. The summed E-state index contributed by atoms with van der Waals surface area (Å²) in [6.07, 6.45) is 2.06. The van der Waals surface area contributed by atoms with Gasteiger partial charge in [-0.1, -0.05) is 15.9 Å². The van der Waals surface area contributed by atoms with Crippen molar-refractivity contribution in [1.82, 2.24) is 4.98 Å². The van der Waals surface area contributed by atoms with E-state index in [4.69, 9.17) is 4.74 Å². The lowest BCUT2D eigenvalue weighted by Gasteiger charge is -2.24. The molecule has 2 aromatic rings. The van der Waals surface area contributed by atoms with E-state index < -0.39 is 0 Å². The second-order valence-corrected chi connectivity index (χ2v) is 8.14. The molecular weight excluding hydrogens is 390 g/mol. The van der Waals surface area contributed by atoms with Crippen LogP contribution in [-0.2, 0) is 4.74 Å². The first kappa shape index (κ1) is 16.4. The number of aromatic nitrogens is 1. The minimum atomic E-state index is 0.0167. The van der Waals surface area contributed by atoms with Crippen LogP contribution >= 0.6 is 27.7 Å². The van der Waals surface area contributed by atoms with Crippen LogP contribution in [0.2, 0.25) is 0 Å². The lowest BCUT2D eigenvalue weighted by Crippen LogP contribution is -2.27. The first-order valence-electron chi connectivity index (χ1n) is 8.21. The number of aliphatic imine (C=N–C) groups is 1. The molecule has 7 heteroatoms. The van der Waals surface area contributed by atoms with Crippen molar-refractivity contribution in [3.8, 4) is 0 Å². The first-order chi connectivity index (χ1) is 11.7. The number of aromatic amines is 1. The summed E-state index contributed by atoms with van der Waals surface area (Å²) >= 11 is 5.31. The second-order valence-electron chi connectivity index (χ2n) is 6.21. The number of hydrogen-bond acceptors (Lipinski definition) is 5. The number of benzene rings is 1. The van der Waals surface area contributed by atoms with Crippen molar-refractivity contribution in [2.75, 3.05) is 30.9 Å². The highest BCUT2D eigenvalue weighted by atomic mass is 79.9. The molecule has 3 N–H and O–H groups in total. The molecule has 0 spiro atoms. The van der Waals surface area contributed by atoms with Crippen LogP contribution in [0.15, 0.2) is 27.7 Å². The fraction of sp³-hybridized carbons (Fsp3) is 0.471. The largest absolute Gasteiger partial charge is 0.394 e. The van der Waals surface area contributed by atoms with E-state index in [1.165, 1.54) is 0 Å². The summed E-state index contributed by atoms with van der Waals surface area (Å²) in [5.41, 5.74) is 3.24. The normalized spacial score (nSPS) is 22.1. The zero-order valence-electron chi connectivity index (χ0n) is 13.2. The number of aliphatic hydroxyl groups is 1. The highest BCUT2D eigenvalue weighted by Crippen LogP contribution is 2.32. The van der Waals surface area contributed by atoms with Crippen LogP contribution in [0.5, 0.6) is 0 Å². The van der Waals surface area contributed by atoms with Crippen molar-refractivity contribution in [2.45, 2.75) is 24.9 Å². The van der Waals surface area contributed by atoms with Crippen LogP contribution in [0.3, 0.4) is 0 Å². The van der Waals surface area contributed by atoms with Gasteiger partial charge in [0.25, 0.3) is 0 Å². The second kappa shape index (κ2) is 7.07. The monoisotopic (exact) mass is 409 g/mol. The van der Waals surface area contributed by atoms with Crippen LogP contribution in [0.25, 0.3) is 10.9 Å². The van der Waals surface area contributed by atoms with Crippen LogP contribution in [0, 0.1) is 0 Å². The van der Waals surface area contributed by atoms with Gasteiger partial charge in [0.1, 0.15) is 5.04 Å². The zero-order chi connectivity index (χ0) is 16.5. The van der Waals surface area contributed by atoms with Gasteiger partial charge in [0.15, 0.2) is 0 Å². The minimum Gasteiger partial charge on any atom is -0.394 e. The fourth-order valence-electron chi connectivity index (χ4n) is 3.15. The highest BCUT2D eigenvalue weighted by molar-refractivity contribution is 9.10. The number of rotatable bonds is 4. The molecule has 1 fully saturated rings. The smallest absolute Gasteiger partial charge is 0.115 e. The molecule has 0 aliphatic carbocycles. The number of aliphatic hydroxyl groups excluding tert-OH is 1. The molecule has 1 atom stereocenters.